The largest absolute Gasteiger partial charge is 0.377 e. The van der Waals surface area contributed by atoms with Gasteiger partial charge in [-0.2, -0.15) is 0 Å². The van der Waals surface area contributed by atoms with E-state index in [0.29, 0.717) is 25.3 Å². The van der Waals surface area contributed by atoms with Crippen LogP contribution in [0, 0.1) is 0 Å². The van der Waals surface area contributed by atoms with Gasteiger partial charge in [0.05, 0.1) is 13.2 Å². The van der Waals surface area contributed by atoms with Gasteiger partial charge < -0.3 is 15.0 Å². The summed E-state index contributed by atoms with van der Waals surface area (Å²) in [6.07, 6.45) is 0.858. The molecular formula is C15H20N2O3S. The zero-order valence-electron chi connectivity index (χ0n) is 12.0. The van der Waals surface area contributed by atoms with Gasteiger partial charge in [-0.15, -0.1) is 12.6 Å². The molecule has 1 atom stereocenters. The van der Waals surface area contributed by atoms with Gasteiger partial charge >= 0.3 is 0 Å². The first kappa shape index (κ1) is 15.9. The molecule has 1 saturated heterocycles. The summed E-state index contributed by atoms with van der Waals surface area (Å²) >= 11 is 4.21. The molecule has 1 aliphatic rings. The lowest BCUT2D eigenvalue weighted by Gasteiger charge is -2.34. The summed E-state index contributed by atoms with van der Waals surface area (Å²) in [5.74, 6) is -0.306. The van der Waals surface area contributed by atoms with Crippen LogP contribution in [0.5, 0.6) is 0 Å². The van der Waals surface area contributed by atoms with E-state index in [1.807, 2.05) is 6.92 Å². The lowest BCUT2D eigenvalue weighted by atomic mass is 10.1. The molecule has 6 heteroatoms. The molecule has 0 aromatic heterocycles. The van der Waals surface area contributed by atoms with Crippen LogP contribution >= 0.6 is 12.6 Å². The number of ether oxygens (including phenoxy) is 1. The molecule has 21 heavy (non-hydrogen) atoms. The Hall–Kier alpha value is -1.53. The minimum atomic E-state index is -0.562. The van der Waals surface area contributed by atoms with Crippen molar-refractivity contribution < 1.29 is 14.3 Å². The van der Waals surface area contributed by atoms with Crippen molar-refractivity contribution in [2.75, 3.05) is 26.3 Å². The van der Waals surface area contributed by atoms with E-state index in [1.165, 1.54) is 0 Å². The van der Waals surface area contributed by atoms with Gasteiger partial charge in [0.15, 0.2) is 0 Å². The summed E-state index contributed by atoms with van der Waals surface area (Å²) in [6, 6.07) is 6.42. The molecule has 0 bridgehead atoms. The molecule has 1 heterocycles. The molecule has 1 fully saturated rings. The number of carbonyl (C=O) groups excluding carboxylic acids is 2. The zero-order chi connectivity index (χ0) is 15.2. The maximum absolute atomic E-state index is 12.6. The lowest BCUT2D eigenvalue weighted by molar-refractivity contribution is -0.130. The van der Waals surface area contributed by atoms with Crippen LogP contribution < -0.4 is 5.32 Å². The Morgan fingerprint density at radius 1 is 1.38 bits per heavy atom. The average Bonchev–Trinajstić information content (AvgIpc) is 2.52. The number of thiol groups is 1. The average molecular weight is 308 g/mol. The fourth-order valence-electron chi connectivity index (χ4n) is 2.20. The Balaban J connectivity index is 2.12. The molecular weight excluding hydrogens is 288 g/mol. The van der Waals surface area contributed by atoms with Crippen molar-refractivity contribution in [3.8, 4) is 0 Å². The van der Waals surface area contributed by atoms with Crippen LogP contribution in [0.2, 0.25) is 0 Å². The third-order valence-corrected chi connectivity index (χ3v) is 3.65. The van der Waals surface area contributed by atoms with Crippen LogP contribution in [0.15, 0.2) is 29.2 Å². The Bertz CT molecular complexity index is 504. The van der Waals surface area contributed by atoms with Gasteiger partial charge in [0.25, 0.3) is 5.91 Å². The Morgan fingerprint density at radius 2 is 2.10 bits per heavy atom. The lowest BCUT2D eigenvalue weighted by Crippen LogP contribution is -2.56. The van der Waals surface area contributed by atoms with Crippen LogP contribution in [0.25, 0.3) is 0 Å². The molecule has 0 radical (unpaired) electrons. The van der Waals surface area contributed by atoms with Crippen molar-refractivity contribution in [2.24, 2.45) is 0 Å². The van der Waals surface area contributed by atoms with Gasteiger partial charge in [0, 0.05) is 23.5 Å². The summed E-state index contributed by atoms with van der Waals surface area (Å²) in [7, 11) is 0. The zero-order valence-corrected chi connectivity index (χ0v) is 12.9. The predicted molar refractivity (Wildman–Crippen MR) is 82.6 cm³/mol. The summed E-state index contributed by atoms with van der Waals surface area (Å²) in [6.45, 7) is 3.71. The second kappa shape index (κ2) is 7.47. The van der Waals surface area contributed by atoms with Crippen molar-refractivity contribution in [1.29, 1.82) is 0 Å². The second-order valence-electron chi connectivity index (χ2n) is 4.93. The number of nitrogens with one attached hydrogen (secondary N) is 1. The molecule has 1 aromatic rings. The van der Waals surface area contributed by atoms with E-state index in [9.17, 15) is 9.59 Å². The van der Waals surface area contributed by atoms with Crippen molar-refractivity contribution in [1.82, 2.24) is 10.2 Å². The molecule has 0 spiro atoms. The molecule has 0 aliphatic carbocycles. The quantitative estimate of drug-likeness (QED) is 0.825. The van der Waals surface area contributed by atoms with Crippen LogP contribution in [0.1, 0.15) is 23.7 Å². The number of hydrogen-bond donors (Lipinski definition) is 2. The van der Waals surface area contributed by atoms with Crippen LogP contribution in [0.4, 0.5) is 0 Å². The van der Waals surface area contributed by atoms with E-state index in [1.54, 1.807) is 29.2 Å². The topological polar surface area (TPSA) is 58.6 Å². The maximum Gasteiger partial charge on any atom is 0.254 e. The summed E-state index contributed by atoms with van der Waals surface area (Å²) in [4.78, 5) is 27.1. The number of rotatable bonds is 4. The minimum absolute atomic E-state index is 0.150. The molecule has 2 amide bonds. The van der Waals surface area contributed by atoms with E-state index in [4.69, 9.17) is 4.74 Å². The van der Waals surface area contributed by atoms with Crippen molar-refractivity contribution in [2.45, 2.75) is 24.3 Å². The standard InChI is InChI=1S/C15H20N2O3S/c1-2-7-16-14(18)13-10-20-9-8-17(13)15(19)11-3-5-12(21)6-4-11/h3-6,13,21H,2,7-10H2,1H3,(H,16,18). The maximum atomic E-state index is 12.6. The first-order valence-electron chi connectivity index (χ1n) is 7.09. The SMILES string of the molecule is CCCNC(=O)C1COCCN1C(=O)c1ccc(S)cc1. The molecule has 5 nitrogen and oxygen atoms in total. The normalized spacial score (nSPS) is 18.4. The first-order chi connectivity index (χ1) is 10.1. The van der Waals surface area contributed by atoms with Gasteiger partial charge in [-0.1, -0.05) is 6.92 Å². The van der Waals surface area contributed by atoms with E-state index < -0.39 is 6.04 Å². The van der Waals surface area contributed by atoms with E-state index >= 15 is 0 Å². The van der Waals surface area contributed by atoms with E-state index in [0.717, 1.165) is 11.3 Å². The molecule has 0 saturated carbocycles. The minimum Gasteiger partial charge on any atom is -0.377 e. The Morgan fingerprint density at radius 3 is 2.76 bits per heavy atom. The highest BCUT2D eigenvalue weighted by atomic mass is 32.1. The Labute approximate surface area is 130 Å². The highest BCUT2D eigenvalue weighted by molar-refractivity contribution is 7.80. The number of morpholine rings is 1. The third kappa shape index (κ3) is 3.98. The number of nitrogens with zero attached hydrogens (tertiary/aromatic N) is 1. The fraction of sp³-hybridized carbons (Fsp3) is 0.467. The van der Waals surface area contributed by atoms with Crippen molar-refractivity contribution in [3.63, 3.8) is 0 Å². The van der Waals surface area contributed by atoms with Crippen LogP contribution in [-0.4, -0.2) is 49.1 Å². The van der Waals surface area contributed by atoms with Gasteiger partial charge in [0.2, 0.25) is 5.91 Å². The molecule has 1 aromatic carbocycles. The monoisotopic (exact) mass is 308 g/mol. The van der Waals surface area contributed by atoms with Crippen LogP contribution in [0.3, 0.4) is 0 Å². The molecule has 1 N–H and O–H groups in total. The molecule has 1 aliphatic heterocycles. The van der Waals surface area contributed by atoms with Crippen molar-refractivity contribution in [3.05, 3.63) is 29.8 Å². The third-order valence-electron chi connectivity index (χ3n) is 3.36. The molecule has 2 rings (SSSR count). The molecule has 114 valence electrons. The van der Waals surface area contributed by atoms with E-state index in [2.05, 4.69) is 17.9 Å². The number of carbonyl (C=O) groups is 2. The smallest absolute Gasteiger partial charge is 0.254 e. The number of hydrogen-bond acceptors (Lipinski definition) is 4. The first-order valence-corrected chi connectivity index (χ1v) is 7.53. The molecule has 1 unspecified atom stereocenters. The van der Waals surface area contributed by atoms with Gasteiger partial charge in [-0.3, -0.25) is 9.59 Å². The second-order valence-corrected chi connectivity index (χ2v) is 5.44. The highest BCUT2D eigenvalue weighted by Gasteiger charge is 2.33. The number of benzene rings is 1. The van der Waals surface area contributed by atoms with Gasteiger partial charge in [-0.05, 0) is 30.7 Å². The van der Waals surface area contributed by atoms with Crippen molar-refractivity contribution >= 4 is 24.4 Å². The van der Waals surface area contributed by atoms with Gasteiger partial charge in [0.1, 0.15) is 6.04 Å². The summed E-state index contributed by atoms with van der Waals surface area (Å²) < 4.78 is 5.35. The summed E-state index contributed by atoms with van der Waals surface area (Å²) in [5, 5.41) is 2.82. The summed E-state index contributed by atoms with van der Waals surface area (Å²) in [5.41, 5.74) is 0.558. The van der Waals surface area contributed by atoms with Gasteiger partial charge in [-0.25, -0.2) is 0 Å². The number of amides is 2. The highest BCUT2D eigenvalue weighted by Crippen LogP contribution is 2.15. The Kier molecular flexibility index (Phi) is 5.64. The predicted octanol–water partition coefficient (Wildman–Crippen LogP) is 1.34. The van der Waals surface area contributed by atoms with E-state index in [-0.39, 0.29) is 18.4 Å². The van der Waals surface area contributed by atoms with Crippen LogP contribution in [-0.2, 0) is 9.53 Å². The fourth-order valence-corrected chi connectivity index (χ4v) is 2.35.